The third-order valence-corrected chi connectivity index (χ3v) is 4.04. The van der Waals surface area contributed by atoms with E-state index in [-0.39, 0.29) is 0 Å². The fourth-order valence-electron chi connectivity index (χ4n) is 2.78. The highest BCUT2D eigenvalue weighted by Gasteiger charge is 2.24. The van der Waals surface area contributed by atoms with Crippen LogP contribution >= 0.6 is 0 Å². The Hall–Kier alpha value is -1.12. The largest absolute Gasteiger partial charge is 0.329 e. The molecule has 0 aliphatic heterocycles. The third kappa shape index (κ3) is 2.65. The van der Waals surface area contributed by atoms with E-state index >= 15 is 0 Å². The molecule has 0 spiro atoms. The Kier molecular flexibility index (Phi) is 3.48. The highest BCUT2D eigenvalue weighted by atomic mass is 15.0. The molecule has 0 bridgehead atoms. The van der Waals surface area contributed by atoms with Gasteiger partial charge in [0.1, 0.15) is 0 Å². The van der Waals surface area contributed by atoms with Crippen molar-refractivity contribution in [1.82, 2.24) is 5.32 Å². The van der Waals surface area contributed by atoms with Crippen molar-refractivity contribution in [3.8, 4) is 0 Å². The first-order valence-electron chi connectivity index (χ1n) is 7.08. The molecule has 1 atom stereocenters. The molecule has 18 heavy (non-hydrogen) atoms. The molecule has 1 aromatic carbocycles. The highest BCUT2D eigenvalue weighted by Crippen LogP contribution is 2.40. The number of hydrogen-bond donors (Lipinski definition) is 2. The number of nitrogens with one attached hydrogen (secondary N) is 1. The van der Waals surface area contributed by atoms with Gasteiger partial charge in [-0.1, -0.05) is 36.4 Å². The Morgan fingerprint density at radius 3 is 2.67 bits per heavy atom. The summed E-state index contributed by atoms with van der Waals surface area (Å²) in [5.74, 6) is 0.816. The molecular weight excluding hydrogens is 220 g/mol. The second-order valence-electron chi connectivity index (χ2n) is 5.54. The van der Waals surface area contributed by atoms with Crippen LogP contribution in [0.3, 0.4) is 0 Å². The average molecular weight is 242 g/mol. The number of rotatable bonds is 5. The molecule has 1 saturated carbocycles. The first kappa shape index (κ1) is 11.9. The molecule has 2 aliphatic rings. The lowest BCUT2D eigenvalue weighted by molar-refractivity contribution is 0.453. The summed E-state index contributed by atoms with van der Waals surface area (Å²) in [7, 11) is 0. The topological polar surface area (TPSA) is 38.0 Å². The Morgan fingerprint density at radius 1 is 1.22 bits per heavy atom. The Bertz CT molecular complexity index is 426. The molecule has 0 amide bonds. The van der Waals surface area contributed by atoms with Crippen LogP contribution in [0.1, 0.15) is 48.8 Å². The van der Waals surface area contributed by atoms with Crippen molar-refractivity contribution >= 4 is 0 Å². The first-order valence-corrected chi connectivity index (χ1v) is 7.08. The zero-order valence-corrected chi connectivity index (χ0v) is 10.8. The summed E-state index contributed by atoms with van der Waals surface area (Å²) >= 11 is 0. The Balaban J connectivity index is 1.71. The molecule has 2 aliphatic carbocycles. The van der Waals surface area contributed by atoms with Crippen LogP contribution < -0.4 is 11.1 Å². The fourth-order valence-corrected chi connectivity index (χ4v) is 2.78. The van der Waals surface area contributed by atoms with Crippen LogP contribution in [0.2, 0.25) is 0 Å². The van der Waals surface area contributed by atoms with Gasteiger partial charge < -0.3 is 11.1 Å². The molecular formula is C16H22N2. The van der Waals surface area contributed by atoms with Gasteiger partial charge >= 0.3 is 0 Å². The summed E-state index contributed by atoms with van der Waals surface area (Å²) in [6, 6.07) is 9.87. The first-order chi connectivity index (χ1) is 8.86. The van der Waals surface area contributed by atoms with Crippen LogP contribution in [0.25, 0.3) is 0 Å². The van der Waals surface area contributed by atoms with Crippen LogP contribution in [0.15, 0.2) is 36.4 Å². The molecule has 3 rings (SSSR count). The molecule has 2 nitrogen and oxygen atoms in total. The lowest BCUT2D eigenvalue weighted by Crippen LogP contribution is -2.35. The maximum absolute atomic E-state index is 5.94. The lowest BCUT2D eigenvalue weighted by Gasteiger charge is -2.22. The number of benzene rings is 1. The standard InChI is InChI=1S/C16H22N2/c17-11-16(18-15-6-1-2-7-15)14-5-3-4-13(10-14)12-8-9-12/h1-5,10,12,15-16,18H,6-9,11,17H2. The van der Waals surface area contributed by atoms with Crippen LogP contribution in [0, 0.1) is 0 Å². The maximum Gasteiger partial charge on any atom is 0.0446 e. The van der Waals surface area contributed by atoms with Gasteiger partial charge in [0.25, 0.3) is 0 Å². The van der Waals surface area contributed by atoms with E-state index in [0.717, 1.165) is 18.8 Å². The predicted molar refractivity (Wildman–Crippen MR) is 75.5 cm³/mol. The van der Waals surface area contributed by atoms with Gasteiger partial charge in [-0.15, -0.1) is 0 Å². The molecule has 96 valence electrons. The molecule has 3 N–H and O–H groups in total. The minimum Gasteiger partial charge on any atom is -0.329 e. The fraction of sp³-hybridized carbons (Fsp3) is 0.500. The summed E-state index contributed by atoms with van der Waals surface area (Å²) in [6.45, 7) is 0.671. The molecule has 1 unspecified atom stereocenters. The van der Waals surface area contributed by atoms with Gasteiger partial charge in [-0.3, -0.25) is 0 Å². The van der Waals surface area contributed by atoms with Crippen molar-refractivity contribution in [1.29, 1.82) is 0 Å². The average Bonchev–Trinajstić information content (AvgIpc) is 3.14. The van der Waals surface area contributed by atoms with E-state index in [0.29, 0.717) is 18.6 Å². The van der Waals surface area contributed by atoms with E-state index in [1.54, 1.807) is 0 Å². The molecule has 1 fully saturated rings. The summed E-state index contributed by atoms with van der Waals surface area (Å²) in [5.41, 5.74) is 8.79. The van der Waals surface area contributed by atoms with E-state index in [4.69, 9.17) is 5.73 Å². The molecule has 2 heteroatoms. The van der Waals surface area contributed by atoms with E-state index in [1.165, 1.54) is 24.0 Å². The van der Waals surface area contributed by atoms with Crippen LogP contribution in [0.4, 0.5) is 0 Å². The van der Waals surface area contributed by atoms with Gasteiger partial charge in [0, 0.05) is 18.6 Å². The predicted octanol–water partition coefficient (Wildman–Crippen LogP) is 2.87. The summed E-state index contributed by atoms with van der Waals surface area (Å²) in [5, 5.41) is 3.68. The van der Waals surface area contributed by atoms with Crippen LogP contribution in [-0.4, -0.2) is 12.6 Å². The van der Waals surface area contributed by atoms with E-state index in [1.807, 2.05) is 0 Å². The smallest absolute Gasteiger partial charge is 0.0446 e. The van der Waals surface area contributed by atoms with Crippen molar-refractivity contribution in [3.05, 3.63) is 47.5 Å². The van der Waals surface area contributed by atoms with Crippen molar-refractivity contribution in [3.63, 3.8) is 0 Å². The van der Waals surface area contributed by atoms with Crippen molar-refractivity contribution in [2.24, 2.45) is 5.73 Å². The molecule has 1 aromatic rings. The Morgan fingerprint density at radius 2 is 2.00 bits per heavy atom. The summed E-state index contributed by atoms with van der Waals surface area (Å²) in [6.07, 6.45) is 9.50. The number of hydrogen-bond acceptors (Lipinski definition) is 2. The van der Waals surface area contributed by atoms with Crippen molar-refractivity contribution in [2.75, 3.05) is 6.54 Å². The normalized spacial score (nSPS) is 21.4. The van der Waals surface area contributed by atoms with Crippen molar-refractivity contribution < 1.29 is 0 Å². The van der Waals surface area contributed by atoms with E-state index in [9.17, 15) is 0 Å². The van der Waals surface area contributed by atoms with Crippen LogP contribution in [0.5, 0.6) is 0 Å². The monoisotopic (exact) mass is 242 g/mol. The van der Waals surface area contributed by atoms with Crippen molar-refractivity contribution in [2.45, 2.75) is 43.7 Å². The van der Waals surface area contributed by atoms with E-state index in [2.05, 4.69) is 41.7 Å². The van der Waals surface area contributed by atoms with Gasteiger partial charge in [0.2, 0.25) is 0 Å². The molecule has 0 aromatic heterocycles. The molecule has 0 heterocycles. The van der Waals surface area contributed by atoms with Gasteiger partial charge in [0.15, 0.2) is 0 Å². The van der Waals surface area contributed by atoms with Gasteiger partial charge in [-0.05, 0) is 42.7 Å². The maximum atomic E-state index is 5.94. The lowest BCUT2D eigenvalue weighted by atomic mass is 10.0. The second-order valence-corrected chi connectivity index (χ2v) is 5.54. The van der Waals surface area contributed by atoms with Gasteiger partial charge in [-0.25, -0.2) is 0 Å². The molecule has 0 radical (unpaired) electrons. The van der Waals surface area contributed by atoms with Crippen LogP contribution in [-0.2, 0) is 0 Å². The van der Waals surface area contributed by atoms with Gasteiger partial charge in [-0.2, -0.15) is 0 Å². The number of nitrogens with two attached hydrogens (primary N) is 1. The minimum atomic E-state index is 0.300. The zero-order chi connectivity index (χ0) is 12.4. The third-order valence-electron chi connectivity index (χ3n) is 4.04. The summed E-state index contributed by atoms with van der Waals surface area (Å²) in [4.78, 5) is 0. The minimum absolute atomic E-state index is 0.300. The van der Waals surface area contributed by atoms with Gasteiger partial charge in [0.05, 0.1) is 0 Å². The summed E-state index contributed by atoms with van der Waals surface area (Å²) < 4.78 is 0. The Labute approximate surface area is 109 Å². The SMILES string of the molecule is NCC(NC1CC=CC1)c1cccc(C2CC2)c1. The quantitative estimate of drug-likeness (QED) is 0.779. The highest BCUT2D eigenvalue weighted by molar-refractivity contribution is 5.31. The zero-order valence-electron chi connectivity index (χ0n) is 10.8. The second kappa shape index (κ2) is 5.25. The van der Waals surface area contributed by atoms with E-state index < -0.39 is 0 Å². The molecule has 0 saturated heterocycles.